The maximum Gasteiger partial charge on any atom is 0.261 e. The van der Waals surface area contributed by atoms with Crippen molar-refractivity contribution in [2.24, 2.45) is 0 Å². The molecule has 3 aromatic rings. The lowest BCUT2D eigenvalue weighted by atomic mass is 9.77. The third kappa shape index (κ3) is 4.53. The molecule has 1 aromatic heterocycles. The number of rotatable bonds is 5. The SMILES string of the molecule is N#Cc1ccc(NC(=O)c2c(C3CCC3)ccc3cc(C(=O)N[C@@H]4C=CS(=O)(=O)C4)c(=O)[nH]c23)cc1. The number of pyridine rings is 1. The Hall–Kier alpha value is -4.23. The predicted molar refractivity (Wildman–Crippen MR) is 134 cm³/mol. The Morgan fingerprint density at radius 3 is 2.42 bits per heavy atom. The third-order valence-corrected chi connectivity index (χ3v) is 7.98. The Kier molecular flexibility index (Phi) is 5.94. The molecule has 0 saturated heterocycles. The fraction of sp³-hybridized carbons (Fsp3) is 0.231. The minimum Gasteiger partial charge on any atom is -0.345 e. The van der Waals surface area contributed by atoms with Gasteiger partial charge < -0.3 is 15.6 Å². The molecule has 5 rings (SSSR count). The zero-order valence-corrected chi connectivity index (χ0v) is 19.9. The molecule has 1 saturated carbocycles. The van der Waals surface area contributed by atoms with Crippen molar-refractivity contribution in [1.82, 2.24) is 10.3 Å². The van der Waals surface area contributed by atoms with Crippen molar-refractivity contribution in [3.05, 3.63) is 86.6 Å². The summed E-state index contributed by atoms with van der Waals surface area (Å²) in [5, 5.41) is 15.9. The number of hydrogen-bond acceptors (Lipinski definition) is 6. The molecule has 2 aliphatic rings. The molecule has 182 valence electrons. The zero-order valence-electron chi connectivity index (χ0n) is 19.1. The fourth-order valence-corrected chi connectivity index (χ4v) is 5.73. The van der Waals surface area contributed by atoms with Crippen LogP contribution < -0.4 is 16.2 Å². The Bertz CT molecular complexity index is 1630. The predicted octanol–water partition coefficient (Wildman–Crippen LogP) is 2.96. The lowest BCUT2D eigenvalue weighted by Crippen LogP contribution is -2.38. The van der Waals surface area contributed by atoms with Crippen molar-refractivity contribution >= 4 is 38.2 Å². The summed E-state index contributed by atoms with van der Waals surface area (Å²) in [5.41, 5.74) is 1.63. The number of fused-ring (bicyclic) bond motifs is 1. The van der Waals surface area contributed by atoms with Crippen LogP contribution in [0.5, 0.6) is 0 Å². The molecule has 1 aliphatic heterocycles. The van der Waals surface area contributed by atoms with E-state index in [0.29, 0.717) is 27.7 Å². The van der Waals surface area contributed by atoms with Crippen molar-refractivity contribution in [2.45, 2.75) is 31.2 Å². The minimum atomic E-state index is -3.36. The van der Waals surface area contributed by atoms with Crippen molar-refractivity contribution in [2.75, 3.05) is 11.1 Å². The van der Waals surface area contributed by atoms with Crippen molar-refractivity contribution in [1.29, 1.82) is 5.26 Å². The van der Waals surface area contributed by atoms with E-state index in [2.05, 4.69) is 15.6 Å². The highest BCUT2D eigenvalue weighted by Gasteiger charge is 2.28. The molecule has 1 aliphatic carbocycles. The second kappa shape index (κ2) is 9.09. The molecular weight excluding hydrogens is 480 g/mol. The van der Waals surface area contributed by atoms with E-state index in [9.17, 15) is 22.8 Å². The number of H-pyrrole nitrogens is 1. The van der Waals surface area contributed by atoms with Gasteiger partial charge in [-0.15, -0.1) is 0 Å². The average Bonchev–Trinajstić information content (AvgIpc) is 3.15. The van der Waals surface area contributed by atoms with Crippen LogP contribution in [0.3, 0.4) is 0 Å². The zero-order chi connectivity index (χ0) is 25.4. The van der Waals surface area contributed by atoms with Gasteiger partial charge in [-0.2, -0.15) is 5.26 Å². The summed E-state index contributed by atoms with van der Waals surface area (Å²) >= 11 is 0. The minimum absolute atomic E-state index is 0.171. The van der Waals surface area contributed by atoms with Gasteiger partial charge in [0.15, 0.2) is 9.84 Å². The van der Waals surface area contributed by atoms with Crippen molar-refractivity contribution in [3.8, 4) is 6.07 Å². The van der Waals surface area contributed by atoms with Gasteiger partial charge in [0.2, 0.25) is 0 Å². The standard InChI is InChI=1S/C26H22N4O5S/c27-13-15-4-7-18(8-5-15)28-26(33)22-20(16-2-1-3-16)9-6-17-12-21(25(32)30-23(17)22)24(31)29-19-10-11-36(34,35)14-19/h4-12,16,19H,1-3,14H2,(H,28,33)(H,29,31)(H,30,32)/t19-/m1/s1. The molecule has 36 heavy (non-hydrogen) atoms. The van der Waals surface area contributed by atoms with Crippen LogP contribution in [0.15, 0.2) is 58.7 Å². The Morgan fingerprint density at radius 2 is 1.81 bits per heavy atom. The molecule has 0 radical (unpaired) electrons. The number of nitrogens with one attached hydrogen (secondary N) is 3. The first-order valence-electron chi connectivity index (χ1n) is 11.5. The summed E-state index contributed by atoms with van der Waals surface area (Å²) in [6.07, 6.45) is 4.30. The van der Waals surface area contributed by atoms with Crippen LogP contribution in [0.2, 0.25) is 0 Å². The molecule has 9 nitrogen and oxygen atoms in total. The number of anilines is 1. The first-order valence-corrected chi connectivity index (χ1v) is 13.2. The van der Waals surface area contributed by atoms with Gasteiger partial charge in [-0.25, -0.2) is 8.42 Å². The molecule has 0 spiro atoms. The number of aromatic nitrogens is 1. The van der Waals surface area contributed by atoms with Gasteiger partial charge >= 0.3 is 0 Å². The summed E-state index contributed by atoms with van der Waals surface area (Å²) in [4.78, 5) is 41.8. The summed E-state index contributed by atoms with van der Waals surface area (Å²) in [6.45, 7) is 0. The lowest BCUT2D eigenvalue weighted by Gasteiger charge is -2.28. The molecule has 0 bridgehead atoms. The molecule has 1 fully saturated rings. The molecule has 1 atom stereocenters. The Labute approximate surface area is 206 Å². The molecule has 10 heteroatoms. The van der Waals surface area contributed by atoms with E-state index in [1.807, 2.05) is 12.1 Å². The first kappa shape index (κ1) is 23.5. The Balaban J connectivity index is 1.51. The van der Waals surface area contributed by atoms with Gasteiger partial charge in [-0.1, -0.05) is 18.6 Å². The van der Waals surface area contributed by atoms with E-state index in [-0.39, 0.29) is 17.2 Å². The molecule has 2 heterocycles. The van der Waals surface area contributed by atoms with Crippen molar-refractivity contribution in [3.63, 3.8) is 0 Å². The van der Waals surface area contributed by atoms with E-state index < -0.39 is 33.3 Å². The lowest BCUT2D eigenvalue weighted by molar-refractivity contribution is 0.0945. The van der Waals surface area contributed by atoms with E-state index in [4.69, 9.17) is 5.26 Å². The van der Waals surface area contributed by atoms with E-state index >= 15 is 0 Å². The number of carbonyl (C=O) groups is 2. The van der Waals surface area contributed by atoms with Gasteiger partial charge in [0.25, 0.3) is 17.4 Å². The first-order chi connectivity index (χ1) is 17.2. The highest BCUT2D eigenvalue weighted by Crippen LogP contribution is 2.40. The number of carbonyl (C=O) groups excluding carboxylic acids is 2. The van der Waals surface area contributed by atoms with Crippen LogP contribution in [0.4, 0.5) is 5.69 Å². The number of benzene rings is 2. The number of hydrogen-bond donors (Lipinski definition) is 3. The quantitative estimate of drug-likeness (QED) is 0.488. The summed E-state index contributed by atoms with van der Waals surface area (Å²) in [6, 6.07) is 12.8. The molecule has 0 unspecified atom stereocenters. The second-order valence-corrected chi connectivity index (χ2v) is 10.9. The van der Waals surface area contributed by atoms with Crippen LogP contribution in [-0.4, -0.2) is 37.0 Å². The van der Waals surface area contributed by atoms with E-state index in [1.165, 1.54) is 12.1 Å². The summed E-state index contributed by atoms with van der Waals surface area (Å²) in [5.74, 6) is -1.16. The van der Waals surface area contributed by atoms with Crippen LogP contribution in [0, 0.1) is 11.3 Å². The van der Waals surface area contributed by atoms with E-state index in [0.717, 1.165) is 30.2 Å². The maximum absolute atomic E-state index is 13.4. The van der Waals surface area contributed by atoms with Gasteiger partial charge in [-0.05, 0) is 66.1 Å². The third-order valence-electron chi connectivity index (χ3n) is 6.59. The topological polar surface area (TPSA) is 149 Å². The van der Waals surface area contributed by atoms with Gasteiger partial charge in [-0.3, -0.25) is 14.4 Å². The summed E-state index contributed by atoms with van der Waals surface area (Å²) < 4.78 is 23.2. The largest absolute Gasteiger partial charge is 0.345 e. The number of nitriles is 1. The number of sulfone groups is 1. The van der Waals surface area contributed by atoms with Crippen LogP contribution >= 0.6 is 0 Å². The second-order valence-electron chi connectivity index (χ2n) is 9.02. The van der Waals surface area contributed by atoms with Crippen LogP contribution in [0.1, 0.15) is 57.0 Å². The Morgan fingerprint density at radius 1 is 1.06 bits per heavy atom. The maximum atomic E-state index is 13.4. The van der Waals surface area contributed by atoms with Gasteiger partial charge in [0.1, 0.15) is 5.56 Å². The van der Waals surface area contributed by atoms with E-state index in [1.54, 1.807) is 30.3 Å². The van der Waals surface area contributed by atoms with Crippen LogP contribution in [0.25, 0.3) is 10.9 Å². The van der Waals surface area contributed by atoms with Crippen LogP contribution in [-0.2, 0) is 9.84 Å². The van der Waals surface area contributed by atoms with Gasteiger partial charge in [0, 0.05) is 11.1 Å². The number of aromatic amines is 1. The number of nitrogens with zero attached hydrogens (tertiary/aromatic N) is 1. The normalized spacial score (nSPS) is 18.4. The van der Waals surface area contributed by atoms with Crippen molar-refractivity contribution < 1.29 is 18.0 Å². The highest BCUT2D eigenvalue weighted by atomic mass is 32.2. The smallest absolute Gasteiger partial charge is 0.261 e. The molecule has 3 N–H and O–H groups in total. The summed E-state index contributed by atoms with van der Waals surface area (Å²) in [7, 11) is -3.36. The average molecular weight is 503 g/mol. The fourth-order valence-electron chi connectivity index (χ4n) is 4.50. The van der Waals surface area contributed by atoms with Gasteiger partial charge in [0.05, 0.1) is 34.5 Å². The molecule has 2 amide bonds. The number of amides is 2. The monoisotopic (exact) mass is 502 g/mol. The highest BCUT2D eigenvalue weighted by molar-refractivity contribution is 7.94. The molecular formula is C26H22N4O5S. The molecule has 2 aromatic carbocycles.